The Labute approximate surface area is 470 Å². The lowest BCUT2D eigenvalue weighted by Gasteiger charge is -2.30. The molecule has 0 fully saturated rings. The number of allylic oxidation sites excluding steroid dienone is 2. The van der Waals surface area contributed by atoms with Gasteiger partial charge in [-0.2, -0.15) is 0 Å². The summed E-state index contributed by atoms with van der Waals surface area (Å²) in [6.45, 7) is 8.46. The van der Waals surface area contributed by atoms with Gasteiger partial charge in [-0.15, -0.1) is 0 Å². The number of methoxy groups -OCH3 is 1. The van der Waals surface area contributed by atoms with E-state index in [2.05, 4.69) is 45.0 Å². The lowest BCUT2D eigenvalue weighted by atomic mass is 9.70. The summed E-state index contributed by atoms with van der Waals surface area (Å²) in [6, 6.07) is 37.0. The number of aliphatic carboxylic acids is 1. The number of fused-ring (bicyclic) bond motifs is 10. The maximum Gasteiger partial charge on any atom is 0.339 e. The summed E-state index contributed by atoms with van der Waals surface area (Å²) in [6.07, 6.45) is 5.98. The molecule has 81 heavy (non-hydrogen) atoms. The Bertz CT molecular complexity index is 3380. The molecule has 3 aliphatic rings. The number of ether oxygens (including phenoxy) is 7. The van der Waals surface area contributed by atoms with E-state index in [1.54, 1.807) is 12.1 Å². The van der Waals surface area contributed by atoms with Gasteiger partial charge >= 0.3 is 35.8 Å². The van der Waals surface area contributed by atoms with Crippen molar-refractivity contribution >= 4 is 35.8 Å². The Balaban J connectivity index is 0.944. The average Bonchev–Trinajstić information content (AvgIpc) is 1.81. The van der Waals surface area contributed by atoms with Gasteiger partial charge in [0.25, 0.3) is 0 Å². The molecular weight excluding hydrogens is 1030 g/mol. The van der Waals surface area contributed by atoms with E-state index in [0.29, 0.717) is 40.9 Å². The highest BCUT2D eigenvalue weighted by Crippen LogP contribution is 2.63. The number of hydrogen-bond donors (Lipinski definition) is 2. The highest BCUT2D eigenvalue weighted by atomic mass is 16.6. The minimum Gasteiger partial charge on any atom is -0.490 e. The minimum absolute atomic E-state index is 0.0370. The molecule has 0 bridgehead atoms. The van der Waals surface area contributed by atoms with E-state index in [9.17, 15) is 39.0 Å². The number of carbonyl (C=O) groups excluding carboxylic acids is 4. The first-order valence-corrected chi connectivity index (χ1v) is 27.4. The van der Waals surface area contributed by atoms with Gasteiger partial charge in [-0.25, -0.2) is 19.2 Å². The Kier molecular flexibility index (Phi) is 17.8. The first-order valence-electron chi connectivity index (χ1n) is 27.4. The number of benzene rings is 6. The van der Waals surface area contributed by atoms with Crippen LogP contribution in [0.25, 0.3) is 33.4 Å². The van der Waals surface area contributed by atoms with Gasteiger partial charge in [0.05, 0.1) is 52.7 Å². The Morgan fingerprint density at radius 3 is 1.56 bits per heavy atom. The van der Waals surface area contributed by atoms with Crippen molar-refractivity contribution in [2.24, 2.45) is 29.6 Å². The zero-order chi connectivity index (χ0) is 57.4. The molecule has 0 amide bonds. The molecule has 5 unspecified atom stereocenters. The van der Waals surface area contributed by atoms with Crippen molar-refractivity contribution in [2.45, 2.75) is 58.8 Å². The second kappa shape index (κ2) is 25.3. The monoisotopic (exact) mass is 1100 g/mol. The van der Waals surface area contributed by atoms with E-state index in [4.69, 9.17) is 33.2 Å². The Morgan fingerprint density at radius 1 is 0.506 bits per heavy atom. The predicted molar refractivity (Wildman–Crippen MR) is 302 cm³/mol. The lowest BCUT2D eigenvalue weighted by Crippen LogP contribution is -2.33. The van der Waals surface area contributed by atoms with Crippen LogP contribution in [0.1, 0.15) is 117 Å². The standard InChI is InChI=1S/C66H66O15/c1-39(2)41(4)19-18-40(3)38-81-64(73)53-25-21-43(42-20-24-52(54(34-42)61(69)70)63(72)78-29-28-75-5)35-55(53)65(74)80-33-31-77-45-23-27-49-47-13-9-11-17-57(47)66(59(49)37-45)56-16-10-8-12-46(56)48-26-22-44(36-58(48)66)76-30-32-79-62(71)51-15-7-6-14-50(51)60(67)68/h6-13,16-17,20-27,34-37,39-41,50-51H,14-15,18-19,28-33,38H2,1-5H3,(H,67,68)(H,69,70). The van der Waals surface area contributed by atoms with E-state index in [1.807, 2.05) is 73.7 Å². The fourth-order valence-corrected chi connectivity index (χ4v) is 11.1. The molecule has 0 saturated carbocycles. The summed E-state index contributed by atoms with van der Waals surface area (Å²) < 4.78 is 40.0. The third-order valence-electron chi connectivity index (χ3n) is 15.8. The van der Waals surface area contributed by atoms with Gasteiger partial charge in [0.2, 0.25) is 0 Å². The number of hydrogen-bond acceptors (Lipinski definition) is 13. The number of aromatic carboxylic acids is 1. The summed E-state index contributed by atoms with van der Waals surface area (Å²) >= 11 is 0. The van der Waals surface area contributed by atoms with Crippen LogP contribution in [0.5, 0.6) is 11.5 Å². The molecule has 0 radical (unpaired) electrons. The minimum atomic E-state index is -1.37. The van der Waals surface area contributed by atoms with Gasteiger partial charge in [0, 0.05) is 7.11 Å². The van der Waals surface area contributed by atoms with Crippen molar-refractivity contribution in [1.82, 2.24) is 0 Å². The molecule has 2 N–H and O–H groups in total. The van der Waals surface area contributed by atoms with E-state index >= 15 is 0 Å². The van der Waals surface area contributed by atoms with E-state index in [0.717, 1.165) is 57.3 Å². The molecule has 6 aromatic rings. The fourth-order valence-electron chi connectivity index (χ4n) is 11.1. The van der Waals surface area contributed by atoms with Crippen molar-refractivity contribution in [3.8, 4) is 44.9 Å². The first-order chi connectivity index (χ1) is 39.1. The van der Waals surface area contributed by atoms with Crippen LogP contribution in [0.15, 0.2) is 133 Å². The molecule has 15 nitrogen and oxygen atoms in total. The molecule has 0 aromatic heterocycles. The van der Waals surface area contributed by atoms with Crippen molar-refractivity contribution < 1.29 is 72.1 Å². The van der Waals surface area contributed by atoms with Gasteiger partial charge in [-0.3, -0.25) is 9.59 Å². The van der Waals surface area contributed by atoms with Crippen LogP contribution in [0.4, 0.5) is 0 Å². The molecular formula is C66H66O15. The third-order valence-corrected chi connectivity index (χ3v) is 15.8. The highest BCUT2D eigenvalue weighted by Gasteiger charge is 2.52. The SMILES string of the molecule is COCCOC(=O)c1ccc(-c2ccc(C(=O)OCC(C)CCC(C)C(C)C)c(C(=O)OCCOc3ccc4c(c3)C3(c5ccccc5-4)c4ccccc4-c4ccc(OCCOC(=O)C5CC=CCC5C(=O)O)cc43)c2)cc1C(=O)O. The summed E-state index contributed by atoms with van der Waals surface area (Å²) in [7, 11) is 1.45. The number of esters is 4. The second-order valence-corrected chi connectivity index (χ2v) is 21.2. The van der Waals surface area contributed by atoms with Crippen LogP contribution in [0.3, 0.4) is 0 Å². The highest BCUT2D eigenvalue weighted by molar-refractivity contribution is 6.06. The molecule has 1 spiro atoms. The van der Waals surface area contributed by atoms with Crippen LogP contribution in [0, 0.1) is 29.6 Å². The van der Waals surface area contributed by atoms with Crippen molar-refractivity contribution in [1.29, 1.82) is 0 Å². The maximum absolute atomic E-state index is 14.2. The van der Waals surface area contributed by atoms with Gasteiger partial charge in [0.1, 0.15) is 44.5 Å². The summed E-state index contributed by atoms with van der Waals surface area (Å²) in [5, 5.41) is 19.8. The number of carboxylic acids is 2. The smallest absolute Gasteiger partial charge is 0.339 e. The Morgan fingerprint density at radius 2 is 1.00 bits per heavy atom. The maximum atomic E-state index is 14.2. The van der Waals surface area contributed by atoms with Gasteiger partial charge < -0.3 is 43.4 Å². The summed E-state index contributed by atoms with van der Waals surface area (Å²) in [5.41, 5.74) is 7.52. The molecule has 6 aromatic carbocycles. The molecule has 0 aliphatic heterocycles. The molecule has 15 heteroatoms. The van der Waals surface area contributed by atoms with Crippen LogP contribution in [-0.4, -0.2) is 99.4 Å². The van der Waals surface area contributed by atoms with Crippen LogP contribution >= 0.6 is 0 Å². The van der Waals surface area contributed by atoms with E-state index < -0.39 is 53.1 Å². The van der Waals surface area contributed by atoms with Crippen LogP contribution in [-0.2, 0) is 38.7 Å². The number of carboxylic acid groups (broad SMARTS) is 2. The molecule has 0 saturated heterocycles. The zero-order valence-electron chi connectivity index (χ0n) is 46.1. The normalized spacial score (nSPS) is 17.0. The van der Waals surface area contributed by atoms with Crippen molar-refractivity contribution in [3.05, 3.63) is 178 Å². The third kappa shape index (κ3) is 12.0. The van der Waals surface area contributed by atoms with E-state index in [-0.39, 0.29) is 80.8 Å². The number of carbonyl (C=O) groups is 6. The van der Waals surface area contributed by atoms with Gasteiger partial charge in [-0.1, -0.05) is 119 Å². The summed E-state index contributed by atoms with van der Waals surface area (Å²) in [4.78, 5) is 78.2. The summed E-state index contributed by atoms with van der Waals surface area (Å²) in [5.74, 6) is -4.81. The largest absolute Gasteiger partial charge is 0.490 e. The molecule has 3 aliphatic carbocycles. The lowest BCUT2D eigenvalue weighted by molar-refractivity contribution is -0.158. The topological polar surface area (TPSA) is 207 Å². The molecule has 5 atom stereocenters. The molecule has 0 heterocycles. The molecule has 420 valence electrons. The Hall–Kier alpha value is -8.56. The molecule has 9 rings (SSSR count). The van der Waals surface area contributed by atoms with Gasteiger partial charge in [0.15, 0.2) is 0 Å². The fraction of sp³-hybridized carbons (Fsp3) is 0.333. The van der Waals surface area contributed by atoms with E-state index in [1.165, 1.54) is 37.4 Å². The zero-order valence-corrected chi connectivity index (χ0v) is 46.1. The van der Waals surface area contributed by atoms with Crippen LogP contribution in [0.2, 0.25) is 0 Å². The van der Waals surface area contributed by atoms with Gasteiger partial charge in [-0.05, 0) is 141 Å². The quantitative estimate of drug-likeness (QED) is 0.0250. The average molecular weight is 1100 g/mol. The second-order valence-electron chi connectivity index (χ2n) is 21.2. The first kappa shape index (κ1) is 57.1. The predicted octanol–water partition coefficient (Wildman–Crippen LogP) is 11.9. The van der Waals surface area contributed by atoms with Crippen molar-refractivity contribution in [3.63, 3.8) is 0 Å². The van der Waals surface area contributed by atoms with Crippen molar-refractivity contribution in [2.75, 3.05) is 53.4 Å². The number of rotatable bonds is 24. The van der Waals surface area contributed by atoms with Crippen LogP contribution < -0.4 is 9.47 Å².